The van der Waals surface area contributed by atoms with Crippen molar-refractivity contribution in [2.75, 3.05) is 11.9 Å². The second-order valence-corrected chi connectivity index (χ2v) is 9.98. The van der Waals surface area contributed by atoms with Crippen LogP contribution in [0.4, 0.5) is 5.69 Å². The van der Waals surface area contributed by atoms with E-state index in [4.69, 9.17) is 26.8 Å². The van der Waals surface area contributed by atoms with Gasteiger partial charge in [-0.25, -0.2) is 0 Å². The van der Waals surface area contributed by atoms with Crippen molar-refractivity contribution in [2.24, 2.45) is 11.1 Å². The molecule has 1 aliphatic carbocycles. The minimum Gasteiger partial charge on any atom is -0.484 e. The molecule has 0 saturated carbocycles. The van der Waals surface area contributed by atoms with Gasteiger partial charge in [-0.15, -0.1) is 0 Å². The molecule has 4 rings (SSSR count). The lowest BCUT2D eigenvalue weighted by Gasteiger charge is -2.37. The summed E-state index contributed by atoms with van der Waals surface area (Å²) in [4.78, 5) is 25.3. The fraction of sp³-hybridized carbons (Fsp3) is 0.296. The number of nitrogens with zero attached hydrogens (tertiary/aromatic N) is 1. The molecule has 0 bridgehead atoms. The summed E-state index contributed by atoms with van der Waals surface area (Å²) >= 11 is 6.10. The minimum absolute atomic E-state index is 0.0231. The van der Waals surface area contributed by atoms with Crippen LogP contribution in [0.15, 0.2) is 65.3 Å². The molecule has 35 heavy (non-hydrogen) atoms. The van der Waals surface area contributed by atoms with Gasteiger partial charge in [-0.3, -0.25) is 9.59 Å². The molecule has 3 N–H and O–H groups in total. The highest BCUT2D eigenvalue weighted by atomic mass is 35.5. The van der Waals surface area contributed by atoms with E-state index < -0.39 is 5.92 Å². The number of amides is 1. The Hall–Kier alpha value is -3.76. The summed E-state index contributed by atoms with van der Waals surface area (Å²) in [6.45, 7) is 5.69. The predicted molar refractivity (Wildman–Crippen MR) is 132 cm³/mol. The van der Waals surface area contributed by atoms with Crippen LogP contribution in [-0.4, -0.2) is 18.3 Å². The molecule has 0 aromatic heterocycles. The molecule has 8 heteroatoms. The zero-order valence-corrected chi connectivity index (χ0v) is 20.5. The first-order chi connectivity index (χ1) is 16.6. The van der Waals surface area contributed by atoms with E-state index in [1.54, 1.807) is 36.4 Å². The number of Topliss-reactive ketones (excluding diaryl/α,β-unsaturated/α-hetero) is 1. The van der Waals surface area contributed by atoms with Gasteiger partial charge in [0.25, 0.3) is 5.91 Å². The molecule has 7 nitrogen and oxygen atoms in total. The van der Waals surface area contributed by atoms with E-state index in [0.717, 1.165) is 11.1 Å². The quantitative estimate of drug-likeness (QED) is 0.600. The summed E-state index contributed by atoms with van der Waals surface area (Å²) in [7, 11) is 0. The number of allylic oxidation sites excluding steroid dienone is 3. The Morgan fingerprint density at radius 3 is 2.63 bits per heavy atom. The van der Waals surface area contributed by atoms with E-state index in [2.05, 4.69) is 11.4 Å². The summed E-state index contributed by atoms with van der Waals surface area (Å²) in [6.07, 6.45) is 0.930. The van der Waals surface area contributed by atoms with Crippen LogP contribution in [0.1, 0.15) is 43.7 Å². The fourth-order valence-electron chi connectivity index (χ4n) is 4.39. The first kappa shape index (κ1) is 24.4. The molecule has 1 aliphatic heterocycles. The third-order valence-corrected chi connectivity index (χ3v) is 6.52. The third kappa shape index (κ3) is 5.18. The van der Waals surface area contributed by atoms with Crippen molar-refractivity contribution in [3.05, 3.63) is 81.4 Å². The van der Waals surface area contributed by atoms with Crippen LogP contribution < -0.4 is 15.8 Å². The van der Waals surface area contributed by atoms with Gasteiger partial charge in [0.15, 0.2) is 12.4 Å². The molecule has 1 unspecified atom stereocenters. The topological polar surface area (TPSA) is 114 Å². The predicted octanol–water partition coefficient (Wildman–Crippen LogP) is 5.12. The SMILES string of the molecule is Cc1ccc(NC(=O)COc2ccc(C3C(C#N)=C(N)OC4=C3C(=O)CC(C)(C)C4)cc2)cc1Cl. The number of ether oxygens (including phenoxy) is 2. The van der Waals surface area contributed by atoms with Gasteiger partial charge in [-0.1, -0.05) is 43.6 Å². The Labute approximate surface area is 209 Å². The van der Waals surface area contributed by atoms with Crippen molar-refractivity contribution in [1.82, 2.24) is 0 Å². The van der Waals surface area contributed by atoms with Crippen LogP contribution in [0.25, 0.3) is 0 Å². The lowest BCUT2D eigenvalue weighted by Crippen LogP contribution is -2.33. The van der Waals surface area contributed by atoms with E-state index >= 15 is 0 Å². The van der Waals surface area contributed by atoms with E-state index in [0.29, 0.717) is 40.6 Å². The molecule has 2 aromatic carbocycles. The Morgan fingerprint density at radius 1 is 1.26 bits per heavy atom. The molecule has 0 spiro atoms. The van der Waals surface area contributed by atoms with E-state index in [9.17, 15) is 14.9 Å². The standard InChI is InChI=1S/C27H26ClN3O4/c1-15-4-7-17(10-20(15)28)31-23(33)14-34-18-8-5-16(6-9-18)24-19(13-29)26(30)35-22-12-27(2,3)11-21(32)25(22)24/h4-10,24H,11-12,14,30H2,1-3H3,(H,31,33). The highest BCUT2D eigenvalue weighted by molar-refractivity contribution is 6.31. The summed E-state index contributed by atoms with van der Waals surface area (Å²) < 4.78 is 11.3. The second-order valence-electron chi connectivity index (χ2n) is 9.57. The van der Waals surface area contributed by atoms with Gasteiger partial charge in [0.05, 0.1) is 5.92 Å². The van der Waals surface area contributed by atoms with Gasteiger partial charge in [0.1, 0.15) is 23.2 Å². The van der Waals surface area contributed by atoms with Crippen molar-refractivity contribution < 1.29 is 19.1 Å². The highest BCUT2D eigenvalue weighted by Crippen LogP contribution is 2.47. The van der Waals surface area contributed by atoms with Crippen LogP contribution in [-0.2, 0) is 14.3 Å². The molecule has 180 valence electrons. The largest absolute Gasteiger partial charge is 0.484 e. The lowest BCUT2D eigenvalue weighted by molar-refractivity contribution is -0.119. The molecule has 2 aliphatic rings. The Morgan fingerprint density at radius 2 is 1.97 bits per heavy atom. The highest BCUT2D eigenvalue weighted by Gasteiger charge is 2.42. The molecule has 2 aromatic rings. The van der Waals surface area contributed by atoms with Gasteiger partial charge < -0.3 is 20.5 Å². The maximum atomic E-state index is 13.0. The Kier molecular flexibility index (Phi) is 6.60. The molecule has 1 amide bonds. The number of halogens is 1. The van der Waals surface area contributed by atoms with Crippen LogP contribution in [0, 0.1) is 23.7 Å². The van der Waals surface area contributed by atoms with Gasteiger partial charge in [-0.2, -0.15) is 5.26 Å². The van der Waals surface area contributed by atoms with Crippen molar-refractivity contribution in [1.29, 1.82) is 5.26 Å². The van der Waals surface area contributed by atoms with Crippen molar-refractivity contribution in [3.8, 4) is 11.8 Å². The van der Waals surface area contributed by atoms with Crippen LogP contribution >= 0.6 is 11.6 Å². The number of aryl methyl sites for hydroxylation is 1. The Balaban J connectivity index is 1.50. The Bertz CT molecular complexity index is 1300. The number of nitriles is 1. The summed E-state index contributed by atoms with van der Waals surface area (Å²) in [5.74, 6) is 0.0476. The number of hydrogen-bond donors (Lipinski definition) is 2. The molecule has 0 radical (unpaired) electrons. The number of rotatable bonds is 5. The molecule has 0 fully saturated rings. The average molecular weight is 492 g/mol. The first-order valence-electron chi connectivity index (χ1n) is 11.2. The molecule has 1 atom stereocenters. The normalized spacial score (nSPS) is 18.9. The number of carbonyl (C=O) groups excluding carboxylic acids is 2. The number of carbonyl (C=O) groups is 2. The van der Waals surface area contributed by atoms with Crippen LogP contribution in [0.3, 0.4) is 0 Å². The van der Waals surface area contributed by atoms with Gasteiger partial charge in [0.2, 0.25) is 5.88 Å². The number of hydrogen-bond acceptors (Lipinski definition) is 6. The van der Waals surface area contributed by atoms with Crippen molar-refractivity contribution in [3.63, 3.8) is 0 Å². The summed E-state index contributed by atoms with van der Waals surface area (Å²) in [5.41, 5.74) is 8.74. The van der Waals surface area contributed by atoms with Crippen LogP contribution in [0.2, 0.25) is 5.02 Å². The zero-order chi connectivity index (χ0) is 25.3. The van der Waals surface area contributed by atoms with E-state index in [1.165, 1.54) is 0 Å². The van der Waals surface area contributed by atoms with Gasteiger partial charge in [-0.05, 0) is 47.7 Å². The van der Waals surface area contributed by atoms with Gasteiger partial charge >= 0.3 is 0 Å². The van der Waals surface area contributed by atoms with Crippen molar-refractivity contribution in [2.45, 2.75) is 39.5 Å². The second kappa shape index (κ2) is 9.47. The van der Waals surface area contributed by atoms with Crippen molar-refractivity contribution >= 4 is 29.0 Å². The number of anilines is 1. The zero-order valence-electron chi connectivity index (χ0n) is 19.8. The molecular weight excluding hydrogens is 466 g/mol. The molecular formula is C27H26ClN3O4. The monoisotopic (exact) mass is 491 g/mol. The van der Waals surface area contributed by atoms with E-state index in [1.807, 2.05) is 26.8 Å². The van der Waals surface area contributed by atoms with E-state index in [-0.39, 0.29) is 35.2 Å². The third-order valence-electron chi connectivity index (χ3n) is 6.11. The van der Waals surface area contributed by atoms with Crippen LogP contribution in [0.5, 0.6) is 5.75 Å². The summed E-state index contributed by atoms with van der Waals surface area (Å²) in [5, 5.41) is 13.1. The number of nitrogens with two attached hydrogens (primary N) is 1. The molecule has 1 heterocycles. The lowest BCUT2D eigenvalue weighted by atomic mass is 9.70. The van der Waals surface area contributed by atoms with Gasteiger partial charge in [0, 0.05) is 29.1 Å². The average Bonchev–Trinajstić information content (AvgIpc) is 2.79. The number of ketones is 1. The maximum Gasteiger partial charge on any atom is 0.262 e. The molecule has 0 saturated heterocycles. The first-order valence-corrected chi connectivity index (χ1v) is 11.6. The summed E-state index contributed by atoms with van der Waals surface area (Å²) in [6, 6.07) is 14.3. The number of benzene rings is 2. The minimum atomic E-state index is -0.601. The fourth-order valence-corrected chi connectivity index (χ4v) is 4.57. The maximum absolute atomic E-state index is 13.0. The number of nitrogens with one attached hydrogen (secondary N) is 1. The smallest absolute Gasteiger partial charge is 0.262 e.